The van der Waals surface area contributed by atoms with Crippen molar-refractivity contribution in [3.8, 4) is 0 Å². The SMILES string of the molecule is NCCNCCN.Nc1nc(=O)cc[nH]1.O=[N+]([O-])[O-].O=[N+]([O-])[O-].[Pd+2]. The number of nitrogens with one attached hydrogen (secondary N) is 2. The van der Waals surface area contributed by atoms with E-state index in [1.165, 1.54) is 12.3 Å². The number of nitrogens with zero attached hydrogens (tertiary/aromatic N) is 3. The van der Waals surface area contributed by atoms with Crippen molar-refractivity contribution >= 4 is 5.95 Å². The van der Waals surface area contributed by atoms with Crippen LogP contribution in [-0.4, -0.2) is 46.3 Å². The Morgan fingerprint density at radius 1 is 1.08 bits per heavy atom. The van der Waals surface area contributed by atoms with Crippen LogP contribution in [0.25, 0.3) is 0 Å². The van der Waals surface area contributed by atoms with Gasteiger partial charge in [0.25, 0.3) is 5.56 Å². The van der Waals surface area contributed by atoms with Crippen molar-refractivity contribution in [2.24, 2.45) is 11.5 Å². The summed E-state index contributed by atoms with van der Waals surface area (Å²) in [6.45, 7) is 3.13. The summed E-state index contributed by atoms with van der Waals surface area (Å²) in [5.74, 6) is 0.150. The van der Waals surface area contributed by atoms with E-state index in [0.29, 0.717) is 13.1 Å². The molecule has 0 fully saturated rings. The molecule has 0 aliphatic carbocycles. The summed E-state index contributed by atoms with van der Waals surface area (Å²) in [6.07, 6.45) is 1.45. The zero-order valence-corrected chi connectivity index (χ0v) is 13.8. The van der Waals surface area contributed by atoms with Gasteiger partial charge in [0.05, 0.1) is 10.2 Å². The molecule has 1 aromatic rings. The van der Waals surface area contributed by atoms with Crippen LogP contribution < -0.4 is 28.1 Å². The van der Waals surface area contributed by atoms with E-state index >= 15 is 0 Å². The van der Waals surface area contributed by atoms with Crippen molar-refractivity contribution in [3.05, 3.63) is 53.3 Å². The van der Waals surface area contributed by atoms with Crippen LogP contribution in [0.5, 0.6) is 0 Å². The van der Waals surface area contributed by atoms with Gasteiger partial charge in [-0.05, 0) is 0 Å². The van der Waals surface area contributed by atoms with Gasteiger partial charge in [-0.1, -0.05) is 0 Å². The fraction of sp³-hybridized carbons (Fsp3) is 0.500. The average molecular weight is 445 g/mol. The molecule has 1 aromatic heterocycles. The van der Waals surface area contributed by atoms with E-state index in [2.05, 4.69) is 15.3 Å². The summed E-state index contributed by atoms with van der Waals surface area (Å²) in [5.41, 5.74) is 15.1. The Hall–Kier alpha value is -2.38. The van der Waals surface area contributed by atoms with Gasteiger partial charge in [-0.2, -0.15) is 4.98 Å². The quantitative estimate of drug-likeness (QED) is 0.138. The van der Waals surface area contributed by atoms with Gasteiger partial charge in [0, 0.05) is 38.4 Å². The molecule has 0 radical (unpaired) electrons. The van der Waals surface area contributed by atoms with Gasteiger partial charge in [-0.25, -0.2) is 0 Å². The van der Waals surface area contributed by atoms with Crippen LogP contribution in [0.2, 0.25) is 0 Å². The molecule has 0 atom stereocenters. The molecule has 8 N–H and O–H groups in total. The minimum absolute atomic E-state index is 0. The van der Waals surface area contributed by atoms with Gasteiger partial charge in [-0.3, -0.25) is 4.79 Å². The van der Waals surface area contributed by atoms with E-state index in [9.17, 15) is 4.79 Å². The molecule has 0 amide bonds. The first kappa shape index (κ1) is 29.6. The van der Waals surface area contributed by atoms with Gasteiger partial charge in [-0.15, -0.1) is 0 Å². The number of hydrogen-bond donors (Lipinski definition) is 5. The van der Waals surface area contributed by atoms with Gasteiger partial charge in [0.1, 0.15) is 0 Å². The van der Waals surface area contributed by atoms with Crippen LogP contribution in [0.4, 0.5) is 5.95 Å². The average Bonchev–Trinajstić information content (AvgIpc) is 2.38. The summed E-state index contributed by atoms with van der Waals surface area (Å²) in [7, 11) is 0. The number of nitrogens with two attached hydrogens (primary N) is 3. The maximum atomic E-state index is 10.3. The largest absolute Gasteiger partial charge is 2.00 e. The third-order valence-corrected chi connectivity index (χ3v) is 1.33. The number of hydrogen-bond acceptors (Lipinski definition) is 12. The monoisotopic (exact) mass is 444 g/mol. The van der Waals surface area contributed by atoms with Crippen molar-refractivity contribution in [2.45, 2.75) is 0 Å². The second-order valence-corrected chi connectivity index (χ2v) is 3.09. The number of anilines is 1. The van der Waals surface area contributed by atoms with Crippen LogP contribution in [0.3, 0.4) is 0 Å². The van der Waals surface area contributed by atoms with E-state index in [4.69, 9.17) is 47.8 Å². The molecule has 24 heavy (non-hydrogen) atoms. The van der Waals surface area contributed by atoms with Crippen LogP contribution in [0.15, 0.2) is 17.1 Å². The van der Waals surface area contributed by atoms with Crippen molar-refractivity contribution in [1.82, 2.24) is 15.3 Å². The minimum atomic E-state index is -1.75. The minimum Gasteiger partial charge on any atom is -0.369 e. The van der Waals surface area contributed by atoms with Gasteiger partial charge in [0.2, 0.25) is 5.95 Å². The standard InChI is InChI=1S/C4H5N3O.C4H13N3.2NO3.Pd/c5-4-6-2-1-3(8)7-4;5-1-3-7-4-2-6;2*2-1(3)4;/h1-2H,(H3,5,6,7,8);7H,1-6H2;;;/q;;2*-1;+2. The number of rotatable bonds is 4. The van der Waals surface area contributed by atoms with Crippen LogP contribution in [0, 0.1) is 30.6 Å². The van der Waals surface area contributed by atoms with E-state index in [-0.39, 0.29) is 31.9 Å². The molecule has 0 aliphatic rings. The van der Waals surface area contributed by atoms with Gasteiger partial charge in [0.15, 0.2) is 0 Å². The fourth-order valence-corrected chi connectivity index (χ4v) is 0.716. The molecular weight excluding hydrogens is 427 g/mol. The first-order valence-corrected chi connectivity index (χ1v) is 5.72. The fourth-order valence-electron chi connectivity index (χ4n) is 0.716. The Balaban J connectivity index is -0.000000115. The number of nitrogen functional groups attached to an aromatic ring is 1. The Bertz CT molecular complexity index is 450. The Kier molecular flexibility index (Phi) is 28.2. The Morgan fingerprint density at radius 3 is 1.67 bits per heavy atom. The Labute approximate surface area is 149 Å². The second-order valence-electron chi connectivity index (χ2n) is 3.09. The van der Waals surface area contributed by atoms with Crippen molar-refractivity contribution in [3.63, 3.8) is 0 Å². The number of H-pyrrole nitrogens is 1. The van der Waals surface area contributed by atoms with E-state index < -0.39 is 10.2 Å². The number of aromatic amines is 1. The maximum Gasteiger partial charge on any atom is 2.00 e. The molecule has 1 rings (SSSR count). The third kappa shape index (κ3) is 50.4. The molecular formula is C8H18N8O7Pd. The summed E-state index contributed by atoms with van der Waals surface area (Å²) in [6, 6.07) is 1.30. The first-order valence-electron chi connectivity index (χ1n) is 5.72. The topological polar surface area (TPSA) is 268 Å². The molecule has 0 spiro atoms. The van der Waals surface area contributed by atoms with E-state index in [0.717, 1.165) is 13.1 Å². The number of aromatic nitrogens is 2. The summed E-state index contributed by atoms with van der Waals surface area (Å²) < 4.78 is 0. The van der Waals surface area contributed by atoms with E-state index in [1.807, 2.05) is 0 Å². The summed E-state index contributed by atoms with van der Waals surface area (Å²) in [5, 5.41) is 32.5. The smallest absolute Gasteiger partial charge is 0.369 e. The molecule has 0 unspecified atom stereocenters. The second kappa shape index (κ2) is 22.9. The third-order valence-electron chi connectivity index (χ3n) is 1.33. The van der Waals surface area contributed by atoms with Crippen molar-refractivity contribution in [2.75, 3.05) is 31.9 Å². The zero-order chi connectivity index (χ0) is 18.7. The van der Waals surface area contributed by atoms with Gasteiger partial charge < -0.3 is 58.1 Å². The molecule has 0 aliphatic heterocycles. The Morgan fingerprint density at radius 2 is 1.46 bits per heavy atom. The summed E-state index contributed by atoms with van der Waals surface area (Å²) in [4.78, 5) is 32.7. The van der Waals surface area contributed by atoms with Crippen LogP contribution in [-0.2, 0) is 20.4 Å². The molecule has 0 bridgehead atoms. The zero-order valence-electron chi connectivity index (χ0n) is 12.2. The van der Waals surface area contributed by atoms with Crippen LogP contribution >= 0.6 is 0 Å². The van der Waals surface area contributed by atoms with Gasteiger partial charge >= 0.3 is 20.4 Å². The van der Waals surface area contributed by atoms with Crippen molar-refractivity contribution in [1.29, 1.82) is 0 Å². The normalized spacial score (nSPS) is 7.75. The maximum absolute atomic E-state index is 10.3. The molecule has 1 heterocycles. The van der Waals surface area contributed by atoms with Crippen molar-refractivity contribution < 1.29 is 30.6 Å². The molecule has 0 aromatic carbocycles. The molecule has 15 nitrogen and oxygen atoms in total. The first-order chi connectivity index (χ1) is 10.7. The van der Waals surface area contributed by atoms with E-state index in [1.54, 1.807) is 0 Å². The molecule has 16 heteroatoms. The van der Waals surface area contributed by atoms with Crippen LogP contribution in [0.1, 0.15) is 0 Å². The summed E-state index contributed by atoms with van der Waals surface area (Å²) >= 11 is 0. The molecule has 0 saturated heterocycles. The molecule has 0 saturated carbocycles. The molecule has 142 valence electrons. The predicted octanol–water partition coefficient (Wildman–Crippen LogP) is -2.64. The predicted molar refractivity (Wildman–Crippen MR) is 81.0 cm³/mol.